The number of hydrogen-bond acceptors (Lipinski definition) is 3. The summed E-state index contributed by atoms with van der Waals surface area (Å²) in [5.41, 5.74) is 1.89. The zero-order chi connectivity index (χ0) is 15.1. The second kappa shape index (κ2) is 5.41. The predicted molar refractivity (Wildman–Crippen MR) is 85.0 cm³/mol. The molecule has 6 heteroatoms. The van der Waals surface area contributed by atoms with E-state index in [2.05, 4.69) is 15.7 Å². The van der Waals surface area contributed by atoms with Crippen molar-refractivity contribution in [3.05, 3.63) is 41.7 Å². The van der Waals surface area contributed by atoms with Crippen molar-refractivity contribution in [3.8, 4) is 11.1 Å². The number of fused-ring (bicyclic) bond motifs is 2. The maximum Gasteiger partial charge on any atom is 0.342 e. The Labute approximate surface area is 133 Å². The van der Waals surface area contributed by atoms with Crippen LogP contribution in [0.5, 0.6) is 0 Å². The average Bonchev–Trinajstić information content (AvgIpc) is 3.24. The van der Waals surface area contributed by atoms with Gasteiger partial charge in [0.05, 0.1) is 6.20 Å². The Kier molecular flexibility index (Phi) is 3.39. The van der Waals surface area contributed by atoms with Gasteiger partial charge in [0.25, 0.3) is 0 Å². The number of rotatable bonds is 2. The van der Waals surface area contributed by atoms with E-state index in [0.29, 0.717) is 17.1 Å². The number of hydrogen-bond donors (Lipinski definition) is 2. The van der Waals surface area contributed by atoms with E-state index >= 15 is 0 Å². The number of amides is 1. The second-order valence-electron chi connectivity index (χ2n) is 6.02. The predicted octanol–water partition coefficient (Wildman–Crippen LogP) is 2.65. The molecule has 2 aromatic rings. The third-order valence-electron chi connectivity index (χ3n) is 4.58. The molecule has 2 aliphatic heterocycles. The molecule has 22 heavy (non-hydrogen) atoms. The van der Waals surface area contributed by atoms with Crippen LogP contribution in [0.2, 0.25) is 5.02 Å². The van der Waals surface area contributed by atoms with Crippen LogP contribution in [-0.4, -0.2) is 33.9 Å². The number of halogens is 1. The lowest BCUT2D eigenvalue weighted by Crippen LogP contribution is -2.44. The van der Waals surface area contributed by atoms with Gasteiger partial charge < -0.3 is 10.6 Å². The number of aromatic nitrogens is 2. The maximum atomic E-state index is 12.3. The number of carbonyl (C=O) groups excluding carboxylic acids is 1. The van der Waals surface area contributed by atoms with E-state index in [4.69, 9.17) is 11.6 Å². The molecule has 5 nitrogen and oxygen atoms in total. The fourth-order valence-corrected chi connectivity index (χ4v) is 3.56. The lowest BCUT2D eigenvalue weighted by atomic mass is 9.96. The highest BCUT2D eigenvalue weighted by molar-refractivity contribution is 6.30. The Morgan fingerprint density at radius 3 is 2.77 bits per heavy atom. The zero-order valence-electron chi connectivity index (χ0n) is 12.0. The molecule has 4 rings (SSSR count). The minimum atomic E-state index is -0.167. The number of carbonyl (C=O) groups is 1. The molecular weight excluding hydrogens is 300 g/mol. The molecule has 2 saturated heterocycles. The molecule has 1 aromatic heterocycles. The topological polar surface area (TPSA) is 59.0 Å². The second-order valence-corrected chi connectivity index (χ2v) is 6.46. The zero-order valence-corrected chi connectivity index (χ0v) is 12.8. The molecule has 0 radical (unpaired) electrons. The van der Waals surface area contributed by atoms with Gasteiger partial charge in [-0.25, -0.2) is 4.79 Å². The summed E-state index contributed by atoms with van der Waals surface area (Å²) in [4.78, 5) is 12.3. The molecule has 1 aromatic carbocycles. The lowest BCUT2D eigenvalue weighted by Gasteiger charge is -2.21. The summed E-state index contributed by atoms with van der Waals surface area (Å²) in [5, 5.41) is 11.5. The van der Waals surface area contributed by atoms with Crippen LogP contribution in [0.3, 0.4) is 0 Å². The van der Waals surface area contributed by atoms with Crippen molar-refractivity contribution in [2.45, 2.75) is 37.4 Å². The van der Waals surface area contributed by atoms with E-state index < -0.39 is 0 Å². The highest BCUT2D eigenvalue weighted by Gasteiger charge is 2.39. The first-order chi connectivity index (χ1) is 10.7. The molecule has 0 saturated carbocycles. The van der Waals surface area contributed by atoms with Gasteiger partial charge in [-0.05, 0) is 37.0 Å². The van der Waals surface area contributed by atoms with Gasteiger partial charge in [-0.15, -0.1) is 0 Å². The summed E-state index contributed by atoms with van der Waals surface area (Å²) in [6.07, 6.45) is 6.83. The van der Waals surface area contributed by atoms with Crippen molar-refractivity contribution in [2.75, 3.05) is 0 Å². The third-order valence-corrected chi connectivity index (χ3v) is 4.83. The van der Waals surface area contributed by atoms with E-state index in [0.717, 1.165) is 24.0 Å². The quantitative estimate of drug-likeness (QED) is 0.895. The minimum absolute atomic E-state index is 0.167. The average molecular weight is 317 g/mol. The van der Waals surface area contributed by atoms with Crippen LogP contribution in [0.25, 0.3) is 11.1 Å². The summed E-state index contributed by atoms with van der Waals surface area (Å²) in [6, 6.07) is 8.53. The van der Waals surface area contributed by atoms with Crippen molar-refractivity contribution < 1.29 is 4.79 Å². The smallest absolute Gasteiger partial charge is 0.332 e. The summed E-state index contributed by atoms with van der Waals surface area (Å²) >= 11 is 5.89. The number of nitrogens with zero attached hydrogens (tertiary/aromatic N) is 2. The van der Waals surface area contributed by atoms with Crippen molar-refractivity contribution >= 4 is 17.6 Å². The molecule has 0 spiro atoms. The summed E-state index contributed by atoms with van der Waals surface area (Å²) in [6.45, 7) is 0. The third kappa shape index (κ3) is 2.51. The summed E-state index contributed by atoms with van der Waals surface area (Å²) in [7, 11) is 0. The molecule has 0 aliphatic carbocycles. The van der Waals surface area contributed by atoms with Gasteiger partial charge in [0.15, 0.2) is 0 Å². The summed E-state index contributed by atoms with van der Waals surface area (Å²) in [5.74, 6) is 0. The fourth-order valence-electron chi connectivity index (χ4n) is 3.43. The highest BCUT2D eigenvalue weighted by Crippen LogP contribution is 2.28. The van der Waals surface area contributed by atoms with Crippen LogP contribution < -0.4 is 10.6 Å². The Morgan fingerprint density at radius 1 is 1.27 bits per heavy atom. The van der Waals surface area contributed by atoms with Gasteiger partial charge in [-0.3, -0.25) is 0 Å². The maximum absolute atomic E-state index is 12.3. The Morgan fingerprint density at radius 2 is 2.09 bits per heavy atom. The molecule has 2 bridgehead atoms. The highest BCUT2D eigenvalue weighted by atomic mass is 35.5. The Hall–Kier alpha value is -1.85. The van der Waals surface area contributed by atoms with E-state index in [9.17, 15) is 4.79 Å². The molecule has 2 aliphatic rings. The lowest BCUT2D eigenvalue weighted by molar-refractivity contribution is 0.233. The van der Waals surface area contributed by atoms with Gasteiger partial charge in [-0.2, -0.15) is 9.78 Å². The molecule has 3 atom stereocenters. The van der Waals surface area contributed by atoms with Crippen LogP contribution in [0.4, 0.5) is 4.79 Å². The van der Waals surface area contributed by atoms with Gasteiger partial charge in [0, 0.05) is 34.9 Å². The molecule has 3 heterocycles. The SMILES string of the molecule is O=C(NC1CC2CCC1N2)n1cc(-c2ccc(Cl)cc2)cn1. The van der Waals surface area contributed by atoms with Crippen LogP contribution in [0.1, 0.15) is 19.3 Å². The van der Waals surface area contributed by atoms with Gasteiger partial charge >= 0.3 is 6.03 Å². The first-order valence-electron chi connectivity index (χ1n) is 7.56. The minimum Gasteiger partial charge on any atom is -0.332 e. The first-order valence-corrected chi connectivity index (χ1v) is 7.94. The van der Waals surface area contributed by atoms with Crippen LogP contribution >= 0.6 is 11.6 Å². The van der Waals surface area contributed by atoms with E-state index in [1.807, 2.05) is 24.3 Å². The van der Waals surface area contributed by atoms with Crippen molar-refractivity contribution in [3.63, 3.8) is 0 Å². The van der Waals surface area contributed by atoms with Crippen LogP contribution in [-0.2, 0) is 0 Å². The van der Waals surface area contributed by atoms with Crippen molar-refractivity contribution in [2.24, 2.45) is 0 Å². The monoisotopic (exact) mass is 316 g/mol. The molecular formula is C16H17ClN4O. The van der Waals surface area contributed by atoms with E-state index in [1.165, 1.54) is 11.1 Å². The molecule has 3 unspecified atom stereocenters. The number of benzene rings is 1. The Bertz CT molecular complexity index is 696. The van der Waals surface area contributed by atoms with Crippen molar-refractivity contribution in [1.29, 1.82) is 0 Å². The molecule has 2 fully saturated rings. The van der Waals surface area contributed by atoms with Crippen molar-refractivity contribution in [1.82, 2.24) is 20.4 Å². The Balaban J connectivity index is 1.46. The molecule has 1 amide bonds. The van der Waals surface area contributed by atoms with Gasteiger partial charge in [0.2, 0.25) is 0 Å². The first kappa shape index (κ1) is 13.8. The van der Waals surface area contributed by atoms with Crippen LogP contribution in [0.15, 0.2) is 36.7 Å². The summed E-state index contributed by atoms with van der Waals surface area (Å²) < 4.78 is 1.37. The normalized spacial score (nSPS) is 26.3. The van der Waals surface area contributed by atoms with E-state index in [1.54, 1.807) is 12.4 Å². The standard InChI is InChI=1S/C16H17ClN4O/c17-12-3-1-10(2-4-12)11-8-18-21(9-11)16(22)20-15-7-13-5-6-14(15)19-13/h1-4,8-9,13-15,19H,5-7H2,(H,20,22). The van der Waals surface area contributed by atoms with Gasteiger partial charge in [0.1, 0.15) is 0 Å². The number of nitrogens with one attached hydrogen (secondary N) is 2. The van der Waals surface area contributed by atoms with Gasteiger partial charge in [-0.1, -0.05) is 23.7 Å². The molecule has 114 valence electrons. The largest absolute Gasteiger partial charge is 0.342 e. The van der Waals surface area contributed by atoms with Crippen LogP contribution in [0, 0.1) is 0 Å². The fraction of sp³-hybridized carbons (Fsp3) is 0.375. The molecule has 2 N–H and O–H groups in total. The van der Waals surface area contributed by atoms with E-state index in [-0.39, 0.29) is 12.1 Å².